The number of aromatic nitrogens is 2. The van der Waals surface area contributed by atoms with Crippen molar-refractivity contribution in [3.63, 3.8) is 0 Å². The van der Waals surface area contributed by atoms with E-state index in [1.165, 1.54) is 18.3 Å². The third-order valence-corrected chi connectivity index (χ3v) is 6.18. The Morgan fingerprint density at radius 1 is 1.03 bits per heavy atom. The maximum atomic E-state index is 12.5. The summed E-state index contributed by atoms with van der Waals surface area (Å²) in [5, 5.41) is 8.12. The zero-order chi connectivity index (χ0) is 24.2. The quantitative estimate of drug-likeness (QED) is 0.377. The molecule has 0 aliphatic rings. The molecule has 4 aromatic rings. The van der Waals surface area contributed by atoms with Crippen molar-refractivity contribution in [2.24, 2.45) is 0 Å². The SMILES string of the molecule is COc1ccc(-n2c(C)cc(-c3csc(NC(=O)Cc4ccc(NC(C)=O)cc4)n3)c2C)cc1. The molecule has 0 spiro atoms. The fraction of sp³-hybridized carbons (Fsp3) is 0.192. The molecule has 0 aliphatic carbocycles. The molecule has 7 nitrogen and oxygen atoms in total. The lowest BCUT2D eigenvalue weighted by Crippen LogP contribution is -2.14. The Morgan fingerprint density at radius 2 is 1.74 bits per heavy atom. The molecule has 0 saturated carbocycles. The first-order valence-electron chi connectivity index (χ1n) is 10.8. The summed E-state index contributed by atoms with van der Waals surface area (Å²) < 4.78 is 7.44. The van der Waals surface area contributed by atoms with Gasteiger partial charge < -0.3 is 19.9 Å². The van der Waals surface area contributed by atoms with Crippen LogP contribution in [-0.2, 0) is 16.0 Å². The molecule has 2 heterocycles. The van der Waals surface area contributed by atoms with Crippen molar-refractivity contribution in [2.45, 2.75) is 27.2 Å². The first-order valence-corrected chi connectivity index (χ1v) is 11.7. The molecule has 2 aromatic carbocycles. The third-order valence-electron chi connectivity index (χ3n) is 5.43. The van der Waals surface area contributed by atoms with Gasteiger partial charge in [-0.25, -0.2) is 4.98 Å². The summed E-state index contributed by atoms with van der Waals surface area (Å²) in [4.78, 5) is 28.3. The van der Waals surface area contributed by atoms with E-state index < -0.39 is 0 Å². The average Bonchev–Trinajstić information content (AvgIpc) is 3.38. The van der Waals surface area contributed by atoms with Gasteiger partial charge >= 0.3 is 0 Å². The molecule has 2 aromatic heterocycles. The summed E-state index contributed by atoms with van der Waals surface area (Å²) in [6.07, 6.45) is 0.223. The predicted molar refractivity (Wildman–Crippen MR) is 136 cm³/mol. The van der Waals surface area contributed by atoms with E-state index in [0.29, 0.717) is 10.8 Å². The summed E-state index contributed by atoms with van der Waals surface area (Å²) in [6.45, 7) is 5.59. The Labute approximate surface area is 202 Å². The van der Waals surface area contributed by atoms with E-state index >= 15 is 0 Å². The van der Waals surface area contributed by atoms with Gasteiger partial charge in [0.05, 0.1) is 19.2 Å². The van der Waals surface area contributed by atoms with Crippen LogP contribution in [0.4, 0.5) is 10.8 Å². The van der Waals surface area contributed by atoms with Crippen LogP contribution in [0.2, 0.25) is 0 Å². The van der Waals surface area contributed by atoms with Crippen molar-refractivity contribution < 1.29 is 14.3 Å². The molecule has 0 unspecified atom stereocenters. The molecule has 0 atom stereocenters. The van der Waals surface area contributed by atoms with Crippen LogP contribution in [0.25, 0.3) is 16.9 Å². The molecule has 0 radical (unpaired) electrons. The molecule has 8 heteroatoms. The second kappa shape index (κ2) is 9.93. The highest BCUT2D eigenvalue weighted by Crippen LogP contribution is 2.32. The van der Waals surface area contributed by atoms with Gasteiger partial charge in [-0.05, 0) is 61.9 Å². The lowest BCUT2D eigenvalue weighted by Gasteiger charge is -2.10. The molecule has 0 saturated heterocycles. The molecule has 0 aliphatic heterocycles. The number of nitrogens with one attached hydrogen (secondary N) is 2. The van der Waals surface area contributed by atoms with Crippen molar-refractivity contribution in [2.75, 3.05) is 17.7 Å². The third kappa shape index (κ3) is 5.18. The monoisotopic (exact) mass is 474 g/mol. The highest BCUT2D eigenvalue weighted by atomic mass is 32.1. The minimum atomic E-state index is -0.142. The Hall–Kier alpha value is -3.91. The van der Waals surface area contributed by atoms with Crippen molar-refractivity contribution in [1.82, 2.24) is 9.55 Å². The Kier molecular flexibility index (Phi) is 6.79. The first-order chi connectivity index (χ1) is 16.3. The number of anilines is 2. The van der Waals surface area contributed by atoms with Crippen LogP contribution in [-0.4, -0.2) is 28.5 Å². The molecular weight excluding hydrogens is 448 g/mol. The van der Waals surface area contributed by atoms with Crippen molar-refractivity contribution in [3.8, 4) is 22.7 Å². The number of hydrogen-bond donors (Lipinski definition) is 2. The zero-order valence-corrected chi connectivity index (χ0v) is 20.3. The summed E-state index contributed by atoms with van der Waals surface area (Å²) >= 11 is 1.40. The number of methoxy groups -OCH3 is 1. The van der Waals surface area contributed by atoms with Gasteiger partial charge in [-0.15, -0.1) is 11.3 Å². The van der Waals surface area contributed by atoms with Gasteiger partial charge in [0.15, 0.2) is 5.13 Å². The Morgan fingerprint density at radius 3 is 2.38 bits per heavy atom. The Balaban J connectivity index is 1.46. The number of hydrogen-bond acceptors (Lipinski definition) is 5. The molecule has 4 rings (SSSR count). The highest BCUT2D eigenvalue weighted by molar-refractivity contribution is 7.14. The number of nitrogens with zero attached hydrogens (tertiary/aromatic N) is 2. The van der Waals surface area contributed by atoms with Crippen LogP contribution in [0.3, 0.4) is 0 Å². The number of aryl methyl sites for hydroxylation is 1. The second-order valence-corrected chi connectivity index (χ2v) is 8.82. The summed E-state index contributed by atoms with van der Waals surface area (Å²) in [5.74, 6) is 0.543. The standard InChI is InChI=1S/C26H26N4O3S/c1-16-13-23(17(2)30(16)21-9-11-22(33-4)12-10-21)24-15-34-26(28-24)29-25(32)14-19-5-7-20(8-6-19)27-18(3)31/h5-13,15H,14H2,1-4H3,(H,27,31)(H,28,29,32). The lowest BCUT2D eigenvalue weighted by atomic mass is 10.1. The van der Waals surface area contributed by atoms with Gasteiger partial charge in [0.2, 0.25) is 11.8 Å². The van der Waals surface area contributed by atoms with Gasteiger partial charge in [0.1, 0.15) is 5.75 Å². The van der Waals surface area contributed by atoms with E-state index in [4.69, 9.17) is 4.74 Å². The van der Waals surface area contributed by atoms with E-state index in [0.717, 1.165) is 39.6 Å². The second-order valence-electron chi connectivity index (χ2n) is 7.96. The zero-order valence-electron chi connectivity index (χ0n) is 19.5. The molecule has 0 fully saturated rings. The molecular formula is C26H26N4O3S. The molecule has 0 bridgehead atoms. The van der Waals surface area contributed by atoms with Gasteiger partial charge in [-0.2, -0.15) is 0 Å². The number of benzene rings is 2. The summed E-state index contributed by atoms with van der Waals surface area (Å²) in [6, 6.07) is 17.3. The van der Waals surface area contributed by atoms with Crippen LogP contribution < -0.4 is 15.4 Å². The van der Waals surface area contributed by atoms with E-state index in [9.17, 15) is 9.59 Å². The highest BCUT2D eigenvalue weighted by Gasteiger charge is 2.16. The molecule has 174 valence electrons. The van der Waals surface area contributed by atoms with Gasteiger partial charge in [-0.1, -0.05) is 12.1 Å². The number of carbonyl (C=O) groups excluding carboxylic acids is 2. The number of carbonyl (C=O) groups is 2. The van der Waals surface area contributed by atoms with Crippen LogP contribution in [0.1, 0.15) is 23.9 Å². The van der Waals surface area contributed by atoms with Crippen LogP contribution in [0, 0.1) is 13.8 Å². The minimum Gasteiger partial charge on any atom is -0.497 e. The van der Waals surface area contributed by atoms with Gasteiger partial charge in [-0.3, -0.25) is 9.59 Å². The van der Waals surface area contributed by atoms with E-state index in [1.807, 2.05) is 41.8 Å². The number of ether oxygens (including phenoxy) is 1. The fourth-order valence-corrected chi connectivity index (χ4v) is 4.59. The Bertz CT molecular complexity index is 1320. The average molecular weight is 475 g/mol. The summed E-state index contributed by atoms with van der Waals surface area (Å²) in [7, 11) is 1.65. The van der Waals surface area contributed by atoms with E-state index in [2.05, 4.69) is 40.1 Å². The van der Waals surface area contributed by atoms with Crippen molar-refractivity contribution >= 4 is 34.0 Å². The van der Waals surface area contributed by atoms with Crippen molar-refractivity contribution in [3.05, 3.63) is 76.9 Å². The van der Waals surface area contributed by atoms with Crippen LogP contribution >= 0.6 is 11.3 Å². The van der Waals surface area contributed by atoms with Gasteiger partial charge in [0.25, 0.3) is 0 Å². The van der Waals surface area contributed by atoms with Gasteiger partial charge in [0, 0.05) is 40.6 Å². The molecule has 34 heavy (non-hydrogen) atoms. The van der Waals surface area contributed by atoms with E-state index in [1.54, 1.807) is 19.2 Å². The number of thiazole rings is 1. The maximum Gasteiger partial charge on any atom is 0.230 e. The van der Waals surface area contributed by atoms with E-state index in [-0.39, 0.29) is 18.2 Å². The van der Waals surface area contributed by atoms with Crippen LogP contribution in [0.5, 0.6) is 5.75 Å². The van der Waals surface area contributed by atoms with Crippen LogP contribution in [0.15, 0.2) is 60.0 Å². The largest absolute Gasteiger partial charge is 0.497 e. The lowest BCUT2D eigenvalue weighted by molar-refractivity contribution is -0.116. The number of rotatable bonds is 7. The van der Waals surface area contributed by atoms with Crippen molar-refractivity contribution in [1.29, 1.82) is 0 Å². The predicted octanol–water partition coefficient (Wildman–Crippen LogP) is 5.37. The normalized spacial score (nSPS) is 10.7. The molecule has 2 N–H and O–H groups in total. The summed E-state index contributed by atoms with van der Waals surface area (Å²) in [5.41, 5.74) is 6.63. The smallest absolute Gasteiger partial charge is 0.230 e. The minimum absolute atomic E-state index is 0.130. The molecule has 2 amide bonds. The number of amides is 2. The fourth-order valence-electron chi connectivity index (χ4n) is 3.86. The maximum absolute atomic E-state index is 12.5. The first kappa shape index (κ1) is 23.3. The topological polar surface area (TPSA) is 85.2 Å².